The van der Waals surface area contributed by atoms with Gasteiger partial charge in [0.1, 0.15) is 12.1 Å². The molecule has 0 saturated heterocycles. The van der Waals surface area contributed by atoms with E-state index in [9.17, 15) is 8.78 Å². The van der Waals surface area contributed by atoms with Gasteiger partial charge in [-0.3, -0.25) is 0 Å². The lowest BCUT2D eigenvalue weighted by atomic mass is 10.1. The van der Waals surface area contributed by atoms with Crippen LogP contribution in [0.15, 0.2) is 18.5 Å². The minimum absolute atomic E-state index is 0.135. The maximum Gasteiger partial charge on any atom is 0.226 e. The molecule has 0 atom stereocenters. The molecule has 1 aliphatic rings. The third kappa shape index (κ3) is 2.44. The number of rotatable bonds is 2. The highest BCUT2D eigenvalue weighted by Crippen LogP contribution is 2.34. The summed E-state index contributed by atoms with van der Waals surface area (Å²) in [6.45, 7) is 1.37. The van der Waals surface area contributed by atoms with Crippen molar-refractivity contribution in [2.45, 2.75) is 13.0 Å². The summed E-state index contributed by atoms with van der Waals surface area (Å²) in [5.41, 5.74) is 1.62. The molecule has 0 saturated carbocycles. The molecule has 1 aromatic carbocycles. The van der Waals surface area contributed by atoms with Crippen molar-refractivity contribution in [3.8, 4) is 11.6 Å². The van der Waals surface area contributed by atoms with E-state index in [2.05, 4.69) is 15.3 Å². The number of ether oxygens (including phenoxy) is 1. The minimum atomic E-state index is -0.865. The Balaban J connectivity index is 2.00. The zero-order valence-electron chi connectivity index (χ0n) is 10.3. The van der Waals surface area contributed by atoms with Crippen molar-refractivity contribution in [2.24, 2.45) is 0 Å². The molecule has 0 bridgehead atoms. The molecule has 0 unspecified atom stereocenters. The lowest BCUT2D eigenvalue weighted by Crippen LogP contribution is -2.25. The van der Waals surface area contributed by atoms with Gasteiger partial charge in [0, 0.05) is 18.2 Å². The summed E-state index contributed by atoms with van der Waals surface area (Å²) in [7, 11) is 0. The van der Waals surface area contributed by atoms with Gasteiger partial charge in [0.15, 0.2) is 11.6 Å². The van der Waals surface area contributed by atoms with Crippen LogP contribution >= 0.6 is 11.6 Å². The molecule has 20 heavy (non-hydrogen) atoms. The van der Waals surface area contributed by atoms with Crippen LogP contribution in [-0.4, -0.2) is 16.5 Å². The van der Waals surface area contributed by atoms with Crippen LogP contribution in [0.3, 0.4) is 0 Å². The first kappa shape index (κ1) is 13.2. The standard InChI is InChI=1S/C13H10ClF2N3O/c14-9-3-7(15)4-10(16)12(9)20-13-8-1-2-17-5-11(8)18-6-19-13/h3-4,6,17H,1-2,5H2. The van der Waals surface area contributed by atoms with Crippen LogP contribution in [0.4, 0.5) is 8.78 Å². The molecule has 3 rings (SSSR count). The summed E-state index contributed by atoms with van der Waals surface area (Å²) >= 11 is 5.81. The monoisotopic (exact) mass is 297 g/mol. The maximum atomic E-state index is 13.7. The van der Waals surface area contributed by atoms with Crippen molar-refractivity contribution in [1.29, 1.82) is 0 Å². The Morgan fingerprint density at radius 3 is 2.90 bits per heavy atom. The molecule has 2 aromatic rings. The Bertz CT molecular complexity index is 643. The average molecular weight is 298 g/mol. The zero-order valence-corrected chi connectivity index (χ0v) is 11.0. The highest BCUT2D eigenvalue weighted by Gasteiger charge is 2.19. The Morgan fingerprint density at radius 1 is 1.25 bits per heavy atom. The van der Waals surface area contributed by atoms with Crippen LogP contribution in [0, 0.1) is 11.6 Å². The van der Waals surface area contributed by atoms with Crippen LogP contribution in [0.25, 0.3) is 0 Å². The summed E-state index contributed by atoms with van der Waals surface area (Å²) in [5.74, 6) is -1.60. The second-order valence-corrected chi connectivity index (χ2v) is 4.74. The summed E-state index contributed by atoms with van der Waals surface area (Å²) in [5, 5.41) is 3.03. The predicted molar refractivity (Wildman–Crippen MR) is 68.9 cm³/mol. The first-order chi connectivity index (χ1) is 9.65. The highest BCUT2D eigenvalue weighted by molar-refractivity contribution is 6.32. The summed E-state index contributed by atoms with van der Waals surface area (Å²) in [4.78, 5) is 8.15. The Morgan fingerprint density at radius 2 is 2.10 bits per heavy atom. The van der Waals surface area contributed by atoms with Gasteiger partial charge >= 0.3 is 0 Å². The number of nitrogens with zero attached hydrogens (tertiary/aromatic N) is 2. The molecular weight excluding hydrogens is 288 g/mol. The van der Waals surface area contributed by atoms with E-state index < -0.39 is 11.6 Å². The number of halogens is 3. The van der Waals surface area contributed by atoms with Crippen molar-refractivity contribution in [2.75, 3.05) is 6.54 Å². The van der Waals surface area contributed by atoms with E-state index in [1.807, 2.05) is 0 Å². The quantitative estimate of drug-likeness (QED) is 0.926. The molecule has 7 heteroatoms. The van der Waals surface area contributed by atoms with E-state index in [0.717, 1.165) is 29.9 Å². The smallest absolute Gasteiger partial charge is 0.226 e. The number of hydrogen-bond acceptors (Lipinski definition) is 4. The van der Waals surface area contributed by atoms with Crippen LogP contribution in [-0.2, 0) is 13.0 Å². The van der Waals surface area contributed by atoms with Gasteiger partial charge in [0.25, 0.3) is 0 Å². The Kier molecular flexibility index (Phi) is 3.50. The van der Waals surface area contributed by atoms with E-state index in [1.165, 1.54) is 6.33 Å². The van der Waals surface area contributed by atoms with Gasteiger partial charge in [0.2, 0.25) is 5.88 Å². The Hall–Kier alpha value is -1.79. The van der Waals surface area contributed by atoms with Gasteiger partial charge in [0.05, 0.1) is 10.7 Å². The zero-order chi connectivity index (χ0) is 14.1. The molecule has 1 aromatic heterocycles. The highest BCUT2D eigenvalue weighted by atomic mass is 35.5. The summed E-state index contributed by atoms with van der Waals surface area (Å²) in [6.07, 6.45) is 2.02. The van der Waals surface area contributed by atoms with Crippen LogP contribution < -0.4 is 10.1 Å². The number of benzene rings is 1. The fourth-order valence-electron chi connectivity index (χ4n) is 2.07. The van der Waals surface area contributed by atoms with E-state index in [4.69, 9.17) is 16.3 Å². The van der Waals surface area contributed by atoms with Crippen molar-refractivity contribution < 1.29 is 13.5 Å². The fourth-order valence-corrected chi connectivity index (χ4v) is 2.30. The average Bonchev–Trinajstić information content (AvgIpc) is 2.43. The van der Waals surface area contributed by atoms with E-state index >= 15 is 0 Å². The SMILES string of the molecule is Fc1cc(F)c(Oc2ncnc3c2CCNC3)c(Cl)c1. The maximum absolute atomic E-state index is 13.7. The molecule has 2 heterocycles. The number of aromatic nitrogens is 2. The molecule has 0 radical (unpaired) electrons. The van der Waals surface area contributed by atoms with Crippen molar-refractivity contribution in [1.82, 2.24) is 15.3 Å². The normalized spacial score (nSPS) is 13.9. The van der Waals surface area contributed by atoms with Gasteiger partial charge in [-0.15, -0.1) is 0 Å². The molecule has 4 nitrogen and oxygen atoms in total. The van der Waals surface area contributed by atoms with Crippen LogP contribution in [0.5, 0.6) is 11.6 Å². The third-order valence-electron chi connectivity index (χ3n) is 3.00. The van der Waals surface area contributed by atoms with Gasteiger partial charge in [-0.2, -0.15) is 0 Å². The summed E-state index contributed by atoms with van der Waals surface area (Å²) < 4.78 is 32.2. The van der Waals surface area contributed by atoms with Crippen LogP contribution in [0.2, 0.25) is 5.02 Å². The van der Waals surface area contributed by atoms with Gasteiger partial charge in [-0.25, -0.2) is 18.7 Å². The second-order valence-electron chi connectivity index (χ2n) is 4.33. The molecule has 0 spiro atoms. The van der Waals surface area contributed by atoms with Crippen molar-refractivity contribution >= 4 is 11.6 Å². The number of fused-ring (bicyclic) bond motifs is 1. The molecular formula is C13H10ClF2N3O. The van der Waals surface area contributed by atoms with E-state index in [-0.39, 0.29) is 16.7 Å². The Labute approximate surface area is 118 Å². The second kappa shape index (κ2) is 5.30. The van der Waals surface area contributed by atoms with Crippen molar-refractivity contribution in [3.05, 3.63) is 46.4 Å². The number of hydrogen-bond donors (Lipinski definition) is 1. The molecule has 0 aliphatic carbocycles. The van der Waals surface area contributed by atoms with Gasteiger partial charge < -0.3 is 10.1 Å². The summed E-state index contributed by atoms with van der Waals surface area (Å²) in [6, 6.07) is 1.71. The van der Waals surface area contributed by atoms with Gasteiger partial charge in [-0.05, 0) is 19.0 Å². The topological polar surface area (TPSA) is 47.0 Å². The van der Waals surface area contributed by atoms with Crippen LogP contribution in [0.1, 0.15) is 11.3 Å². The number of nitrogens with one attached hydrogen (secondary N) is 1. The first-order valence-corrected chi connectivity index (χ1v) is 6.39. The minimum Gasteiger partial charge on any atom is -0.434 e. The predicted octanol–water partition coefficient (Wildman–Crippen LogP) is 2.85. The van der Waals surface area contributed by atoms with E-state index in [0.29, 0.717) is 13.0 Å². The van der Waals surface area contributed by atoms with Gasteiger partial charge in [-0.1, -0.05) is 11.6 Å². The molecule has 1 N–H and O–H groups in total. The lowest BCUT2D eigenvalue weighted by molar-refractivity contribution is 0.413. The lowest BCUT2D eigenvalue weighted by Gasteiger charge is -2.18. The fraction of sp³-hybridized carbons (Fsp3) is 0.231. The molecule has 0 amide bonds. The molecule has 0 fully saturated rings. The largest absolute Gasteiger partial charge is 0.434 e. The third-order valence-corrected chi connectivity index (χ3v) is 3.28. The van der Waals surface area contributed by atoms with Crippen molar-refractivity contribution in [3.63, 3.8) is 0 Å². The molecule has 1 aliphatic heterocycles. The first-order valence-electron chi connectivity index (χ1n) is 6.01. The molecule has 104 valence electrons. The van der Waals surface area contributed by atoms with E-state index in [1.54, 1.807) is 0 Å².